The number of rotatable bonds is 1. The van der Waals surface area contributed by atoms with Crippen molar-refractivity contribution in [3.8, 4) is 0 Å². The Morgan fingerprint density at radius 3 is 1.50 bits per heavy atom. The van der Waals surface area contributed by atoms with E-state index in [0.717, 1.165) is 6.08 Å². The number of carbonyl (C=O) groups excluding carboxylic acids is 1. The molecule has 12 heavy (non-hydrogen) atoms. The van der Waals surface area contributed by atoms with Gasteiger partial charge in [-0.15, -0.1) is 0 Å². The maximum absolute atomic E-state index is 9.14. The second-order valence-corrected chi connectivity index (χ2v) is 1.81. The maximum Gasteiger partial charge on any atom is 1.00 e. The first-order valence-corrected chi connectivity index (χ1v) is 3.15. The maximum atomic E-state index is 9.14. The van der Waals surface area contributed by atoms with Crippen molar-refractivity contribution in [2.75, 3.05) is 0 Å². The van der Waals surface area contributed by atoms with E-state index < -0.39 is 16.4 Å². The van der Waals surface area contributed by atoms with E-state index in [2.05, 4.69) is 6.58 Å². The van der Waals surface area contributed by atoms with Crippen LogP contribution in [-0.2, 0) is 15.2 Å². The Labute approximate surface area is 114 Å². The predicted molar refractivity (Wildman–Crippen MR) is 27.5 cm³/mol. The molecule has 60 valence electrons. The van der Waals surface area contributed by atoms with E-state index >= 15 is 0 Å². The van der Waals surface area contributed by atoms with E-state index in [1.54, 1.807) is 0 Å². The Morgan fingerprint density at radius 1 is 1.42 bits per heavy atom. The largest absolute Gasteiger partial charge is 1.00 e. The minimum absolute atomic E-state index is 0. The van der Waals surface area contributed by atoms with E-state index in [9.17, 15) is 0 Å². The van der Waals surface area contributed by atoms with Gasteiger partial charge in [0.1, 0.15) is 0 Å². The van der Waals surface area contributed by atoms with E-state index in [-0.39, 0.29) is 59.1 Å². The Kier molecular flexibility index (Phi) is 23.3. The molecule has 0 aliphatic carbocycles. The average molecular weight is 214 g/mol. The Hall–Kier alpha value is 1.08. The molecule has 9 heteroatoms. The van der Waals surface area contributed by atoms with Gasteiger partial charge in [0, 0.05) is 0 Å². The Bertz CT molecular complexity index is 201. The SMILES string of the molecule is C=CC(=O)[O-].O=S(=O)([O-])O.[Na+].[Na+]. The summed E-state index contributed by atoms with van der Waals surface area (Å²) in [6.45, 7) is 2.90. The predicted octanol–water partition coefficient (Wildman–Crippen LogP) is -8.07. The zero-order valence-corrected chi connectivity index (χ0v) is 11.5. The van der Waals surface area contributed by atoms with Crippen LogP contribution in [0, 0.1) is 0 Å². The van der Waals surface area contributed by atoms with Crippen molar-refractivity contribution in [1.29, 1.82) is 0 Å². The number of hydrogen-bond acceptors (Lipinski definition) is 5. The van der Waals surface area contributed by atoms with Crippen molar-refractivity contribution >= 4 is 16.4 Å². The molecule has 0 spiro atoms. The van der Waals surface area contributed by atoms with Gasteiger partial charge in [-0.25, -0.2) is 8.42 Å². The monoisotopic (exact) mass is 214 g/mol. The third-order valence-electron chi connectivity index (χ3n) is 0.167. The molecule has 1 N–H and O–H groups in total. The molecule has 0 fully saturated rings. The smallest absolute Gasteiger partial charge is 0.726 e. The zero-order valence-electron chi connectivity index (χ0n) is 6.68. The summed E-state index contributed by atoms with van der Waals surface area (Å²) in [5.41, 5.74) is 0. The first-order chi connectivity index (χ1) is 4.27. The number of carboxylic acids is 1. The molecule has 0 aliphatic rings. The van der Waals surface area contributed by atoms with Gasteiger partial charge >= 0.3 is 59.1 Å². The zero-order chi connectivity index (χ0) is 8.78. The fraction of sp³-hybridized carbons (Fsp3) is 0. The van der Waals surface area contributed by atoms with Crippen LogP contribution in [0.15, 0.2) is 12.7 Å². The van der Waals surface area contributed by atoms with Crippen LogP contribution < -0.4 is 64.2 Å². The first-order valence-electron chi connectivity index (χ1n) is 1.79. The fourth-order valence-corrected chi connectivity index (χ4v) is 0. The topological polar surface area (TPSA) is 118 Å². The summed E-state index contributed by atoms with van der Waals surface area (Å²) in [4.78, 5) is 9.14. The van der Waals surface area contributed by atoms with Crippen LogP contribution in [0.25, 0.3) is 0 Å². The molecule has 0 unspecified atom stereocenters. The second-order valence-electron chi connectivity index (χ2n) is 0.951. The molecular weight excluding hydrogens is 210 g/mol. The third kappa shape index (κ3) is 119. The summed E-state index contributed by atoms with van der Waals surface area (Å²) in [7, 11) is -4.92. The average Bonchev–Trinajstić information content (AvgIpc) is 1.61. The number of carbonyl (C=O) groups is 1. The fourth-order valence-electron chi connectivity index (χ4n) is 0. The second kappa shape index (κ2) is 12.1. The Balaban J connectivity index is -0.0000000457. The molecule has 0 aromatic rings. The molecule has 0 saturated carbocycles. The number of hydrogen-bond donors (Lipinski definition) is 1. The molecule has 0 rings (SSSR count). The normalized spacial score (nSPS) is 7.50. The standard InChI is InChI=1S/C3H4O2.2Na.H2O4S/c1-2-3(4)5;;;1-5(2,3)4/h2H,1H2,(H,4,5);;;(H2,1,2,3,4)/q;2*+1;/p-2. The summed E-state index contributed by atoms with van der Waals surface area (Å²) in [5.74, 6) is -1.23. The van der Waals surface area contributed by atoms with E-state index in [1.807, 2.05) is 0 Å². The first kappa shape index (κ1) is 23.2. The van der Waals surface area contributed by atoms with Crippen LogP contribution >= 0.6 is 0 Å². The van der Waals surface area contributed by atoms with Gasteiger partial charge in [-0.3, -0.25) is 4.55 Å². The van der Waals surface area contributed by atoms with Gasteiger partial charge in [-0.1, -0.05) is 6.58 Å². The van der Waals surface area contributed by atoms with Crippen LogP contribution in [0.2, 0.25) is 0 Å². The van der Waals surface area contributed by atoms with Crippen LogP contribution in [0.3, 0.4) is 0 Å². The molecule has 0 amide bonds. The van der Waals surface area contributed by atoms with Gasteiger partial charge in [-0.2, -0.15) is 0 Å². The number of carboxylic acid groups (broad SMARTS) is 1. The van der Waals surface area contributed by atoms with Crippen molar-refractivity contribution in [1.82, 2.24) is 0 Å². The van der Waals surface area contributed by atoms with Crippen molar-refractivity contribution in [2.45, 2.75) is 0 Å². The van der Waals surface area contributed by atoms with Gasteiger partial charge in [-0.05, 0) is 6.08 Å². The summed E-state index contributed by atoms with van der Waals surface area (Å²) in [6, 6.07) is 0. The number of aliphatic carboxylic acids is 1. The van der Waals surface area contributed by atoms with Gasteiger partial charge < -0.3 is 14.5 Å². The summed E-state index contributed by atoms with van der Waals surface area (Å²) in [6.07, 6.45) is 0.722. The van der Waals surface area contributed by atoms with E-state index in [1.165, 1.54) is 0 Å². The van der Waals surface area contributed by atoms with Crippen molar-refractivity contribution in [3.63, 3.8) is 0 Å². The molecule has 0 radical (unpaired) electrons. The van der Waals surface area contributed by atoms with Crippen LogP contribution in [0.1, 0.15) is 0 Å². The third-order valence-corrected chi connectivity index (χ3v) is 0.167. The minimum atomic E-state index is -4.92. The quantitative estimate of drug-likeness (QED) is 0.200. The van der Waals surface area contributed by atoms with Crippen LogP contribution in [-0.4, -0.2) is 23.5 Å². The van der Waals surface area contributed by atoms with Crippen LogP contribution in [0.4, 0.5) is 0 Å². The van der Waals surface area contributed by atoms with Crippen molar-refractivity contribution < 1.29 is 86.5 Å². The molecule has 0 bridgehead atoms. The molecule has 0 atom stereocenters. The summed E-state index contributed by atoms with van der Waals surface area (Å²) >= 11 is 0. The molecule has 0 heterocycles. The van der Waals surface area contributed by atoms with E-state index in [0.29, 0.717) is 0 Å². The van der Waals surface area contributed by atoms with Crippen molar-refractivity contribution in [2.24, 2.45) is 0 Å². The van der Waals surface area contributed by atoms with Gasteiger partial charge in [0.05, 0.1) is 5.97 Å². The summed E-state index contributed by atoms with van der Waals surface area (Å²) in [5, 5.41) is 9.14. The molecule has 0 aromatic carbocycles. The van der Waals surface area contributed by atoms with E-state index in [4.69, 9.17) is 27.4 Å². The molecule has 6 nitrogen and oxygen atoms in total. The van der Waals surface area contributed by atoms with Gasteiger partial charge in [0.15, 0.2) is 0 Å². The molecule has 0 aliphatic heterocycles. The van der Waals surface area contributed by atoms with Crippen molar-refractivity contribution in [3.05, 3.63) is 12.7 Å². The summed E-state index contributed by atoms with van der Waals surface area (Å²) < 4.78 is 32.8. The van der Waals surface area contributed by atoms with Crippen LogP contribution in [0.5, 0.6) is 0 Å². The molecular formula is C3H4Na2O6S. The van der Waals surface area contributed by atoms with Gasteiger partial charge in [0.25, 0.3) is 0 Å². The molecule has 0 aromatic heterocycles. The minimum Gasteiger partial charge on any atom is -0.726 e. The Morgan fingerprint density at radius 2 is 1.50 bits per heavy atom. The van der Waals surface area contributed by atoms with Gasteiger partial charge in [0.2, 0.25) is 10.4 Å². The molecule has 0 saturated heterocycles.